The van der Waals surface area contributed by atoms with Crippen LogP contribution in [-0.2, 0) is 0 Å². The number of halogens is 2. The summed E-state index contributed by atoms with van der Waals surface area (Å²) < 4.78 is 0. The minimum atomic E-state index is -1.00. The van der Waals surface area contributed by atoms with E-state index in [1.54, 1.807) is 36.4 Å². The van der Waals surface area contributed by atoms with Crippen molar-refractivity contribution in [1.82, 2.24) is 0 Å². The molecule has 0 saturated heterocycles. The molecule has 12 heteroatoms. The number of benzene rings is 2. The number of nitrogens with two attached hydrogens (primary N) is 3. The first-order chi connectivity index (χ1) is 12.8. The first kappa shape index (κ1) is 20.2. The molecule has 0 aliphatic carbocycles. The van der Waals surface area contributed by atoms with E-state index in [2.05, 4.69) is 25.8 Å². The lowest BCUT2D eigenvalue weighted by Gasteiger charge is -2.14. The first-order valence-corrected chi connectivity index (χ1v) is 8.09. The van der Waals surface area contributed by atoms with Gasteiger partial charge in [0.25, 0.3) is 5.96 Å². The molecule has 2 rings (SSSR count). The van der Waals surface area contributed by atoms with Crippen molar-refractivity contribution in [2.24, 2.45) is 37.8 Å². The van der Waals surface area contributed by atoms with Gasteiger partial charge in [0.1, 0.15) is 0 Å². The van der Waals surface area contributed by atoms with Crippen molar-refractivity contribution in [2.75, 3.05) is 5.32 Å². The van der Waals surface area contributed by atoms with E-state index in [1.807, 2.05) is 0 Å². The fourth-order valence-electron chi connectivity index (χ4n) is 2.22. The van der Waals surface area contributed by atoms with E-state index >= 15 is 0 Å². The van der Waals surface area contributed by atoms with Gasteiger partial charge in [-0.05, 0) is 29.8 Å². The Morgan fingerprint density at radius 3 is 2.41 bits per heavy atom. The highest BCUT2D eigenvalue weighted by Gasteiger charge is 2.13. The summed E-state index contributed by atoms with van der Waals surface area (Å²) in [5.41, 5.74) is 20.0. The number of amides is 1. The summed E-state index contributed by atoms with van der Waals surface area (Å²) in [6.07, 6.45) is -1.00. The van der Waals surface area contributed by atoms with E-state index in [0.717, 1.165) is 0 Å². The lowest BCUT2D eigenvalue weighted by atomic mass is 10.0. The zero-order valence-corrected chi connectivity index (χ0v) is 15.2. The average molecular weight is 408 g/mol. The van der Waals surface area contributed by atoms with E-state index in [-0.39, 0.29) is 5.96 Å². The van der Waals surface area contributed by atoms with Gasteiger partial charge in [0, 0.05) is 16.8 Å². The molecule has 1 unspecified atom stereocenters. The van der Waals surface area contributed by atoms with Gasteiger partial charge in [-0.25, -0.2) is 10.5 Å². The van der Waals surface area contributed by atoms with Crippen molar-refractivity contribution in [1.29, 1.82) is 5.53 Å². The number of carbonyl (C=O) groups is 1. The van der Waals surface area contributed by atoms with Crippen molar-refractivity contribution < 1.29 is 4.79 Å². The lowest BCUT2D eigenvalue weighted by molar-refractivity contribution is 0.100. The molecule has 0 fully saturated rings. The number of guanidine groups is 1. The van der Waals surface area contributed by atoms with Crippen LogP contribution in [-0.4, -0.2) is 18.2 Å². The van der Waals surface area contributed by atoms with Gasteiger partial charge in [-0.1, -0.05) is 45.7 Å². The summed E-state index contributed by atoms with van der Waals surface area (Å²) in [4.78, 5) is 15.2. The largest absolute Gasteiger partial charge is 0.366 e. The minimum absolute atomic E-state index is 0.311. The van der Waals surface area contributed by atoms with Crippen LogP contribution in [0.5, 0.6) is 0 Å². The van der Waals surface area contributed by atoms with E-state index < -0.39 is 12.2 Å². The van der Waals surface area contributed by atoms with Crippen molar-refractivity contribution in [2.45, 2.75) is 6.29 Å². The molecule has 0 spiro atoms. The smallest absolute Gasteiger partial charge is 0.287 e. The van der Waals surface area contributed by atoms with Gasteiger partial charge in [-0.2, -0.15) is 0 Å². The van der Waals surface area contributed by atoms with Gasteiger partial charge in [0.15, 0.2) is 6.29 Å². The molecule has 140 valence electrons. The molecule has 27 heavy (non-hydrogen) atoms. The Morgan fingerprint density at radius 2 is 1.85 bits per heavy atom. The molecule has 10 nitrogen and oxygen atoms in total. The molecule has 2 aromatic carbocycles. The van der Waals surface area contributed by atoms with E-state index in [4.69, 9.17) is 46.0 Å². The molecule has 0 saturated carbocycles. The third-order valence-electron chi connectivity index (χ3n) is 3.29. The summed E-state index contributed by atoms with van der Waals surface area (Å²) in [5, 5.41) is 12.8. The summed E-state index contributed by atoms with van der Waals surface area (Å²) in [6.45, 7) is 0. The SMILES string of the molecule is N=NC(N=NN)=NC(N)Nc1cc(Cl)c(-c2cccc(C(N)=O)c2)c(Cl)c1. The topological polar surface area (TPSA) is 180 Å². The Morgan fingerprint density at radius 1 is 1.19 bits per heavy atom. The molecule has 0 radical (unpaired) electrons. The van der Waals surface area contributed by atoms with Crippen LogP contribution < -0.4 is 22.6 Å². The van der Waals surface area contributed by atoms with Gasteiger partial charge in [0.05, 0.1) is 10.0 Å². The predicted octanol–water partition coefficient (Wildman–Crippen LogP) is 3.13. The third kappa shape index (κ3) is 5.20. The maximum atomic E-state index is 11.4. The van der Waals surface area contributed by atoms with Crippen molar-refractivity contribution in [3.8, 4) is 11.1 Å². The molecule has 1 atom stereocenters. The molecule has 0 aromatic heterocycles. The van der Waals surface area contributed by atoms with Crippen LogP contribution >= 0.6 is 23.2 Å². The number of hydrogen-bond donors (Lipinski definition) is 5. The van der Waals surface area contributed by atoms with Crippen LogP contribution in [0, 0.1) is 5.53 Å². The number of rotatable bonds is 5. The van der Waals surface area contributed by atoms with Gasteiger partial charge in [-0.15, -0.1) is 5.11 Å². The fourth-order valence-corrected chi connectivity index (χ4v) is 2.92. The Bertz CT molecular complexity index is 906. The van der Waals surface area contributed by atoms with Gasteiger partial charge < -0.3 is 16.9 Å². The van der Waals surface area contributed by atoms with Crippen LogP contribution in [0.1, 0.15) is 10.4 Å². The number of hydrogen-bond acceptors (Lipinski definition) is 6. The number of carbonyl (C=O) groups excluding carboxylic acids is 1. The lowest BCUT2D eigenvalue weighted by Crippen LogP contribution is -2.28. The molecule has 0 heterocycles. The zero-order chi connectivity index (χ0) is 20.0. The summed E-state index contributed by atoms with van der Waals surface area (Å²) in [6, 6.07) is 9.78. The maximum Gasteiger partial charge on any atom is 0.287 e. The first-order valence-electron chi connectivity index (χ1n) is 7.33. The Labute approximate surface area is 163 Å². The second-order valence-corrected chi connectivity index (χ2v) is 5.92. The van der Waals surface area contributed by atoms with Crippen LogP contribution in [0.4, 0.5) is 5.69 Å². The zero-order valence-electron chi connectivity index (χ0n) is 13.7. The van der Waals surface area contributed by atoms with Crippen molar-refractivity contribution in [3.05, 3.63) is 52.0 Å². The van der Waals surface area contributed by atoms with Crippen LogP contribution in [0.2, 0.25) is 10.0 Å². The molecular weight excluding hydrogens is 393 g/mol. The third-order valence-corrected chi connectivity index (χ3v) is 3.89. The number of primary amides is 1. The van der Waals surface area contributed by atoms with Gasteiger partial charge >= 0.3 is 0 Å². The molecular formula is C15H15Cl2N9O. The monoisotopic (exact) mass is 407 g/mol. The summed E-state index contributed by atoms with van der Waals surface area (Å²) in [7, 11) is 0. The van der Waals surface area contributed by atoms with E-state index in [0.29, 0.717) is 32.4 Å². The molecule has 2 aromatic rings. The van der Waals surface area contributed by atoms with Gasteiger partial charge in [-0.3, -0.25) is 10.5 Å². The molecule has 0 aliphatic heterocycles. The summed E-state index contributed by atoms with van der Waals surface area (Å²) >= 11 is 12.7. The second kappa shape index (κ2) is 9.03. The number of aliphatic imine (C=N–C) groups is 1. The quantitative estimate of drug-likeness (QED) is 0.127. The van der Waals surface area contributed by atoms with Crippen LogP contribution in [0.3, 0.4) is 0 Å². The Hall–Kier alpha value is -3.08. The Kier molecular flexibility index (Phi) is 6.77. The van der Waals surface area contributed by atoms with Crippen molar-refractivity contribution in [3.63, 3.8) is 0 Å². The number of nitrogens with zero attached hydrogens (tertiary/aromatic N) is 4. The standard InChI is InChI=1S/C15H15Cl2N9O/c16-10-5-9(22-14(19)23-15(24-20)25-26-21)6-11(17)12(10)7-2-1-3-8(4-7)13(18)27/h1-6,14,20,22H,19H2,(H2,18,27)(H2,21,23,25). The summed E-state index contributed by atoms with van der Waals surface area (Å²) in [5.74, 6) is 4.01. The van der Waals surface area contributed by atoms with E-state index in [1.165, 1.54) is 0 Å². The highest BCUT2D eigenvalue weighted by molar-refractivity contribution is 6.39. The fraction of sp³-hybridized carbons (Fsp3) is 0.0667. The highest BCUT2D eigenvalue weighted by atomic mass is 35.5. The number of anilines is 1. The minimum Gasteiger partial charge on any atom is -0.366 e. The highest BCUT2D eigenvalue weighted by Crippen LogP contribution is 2.37. The molecule has 1 amide bonds. The molecule has 8 N–H and O–H groups in total. The maximum absolute atomic E-state index is 11.4. The molecule has 0 aliphatic rings. The van der Waals surface area contributed by atoms with Gasteiger partial charge in [0.2, 0.25) is 5.91 Å². The predicted molar refractivity (Wildman–Crippen MR) is 104 cm³/mol. The van der Waals surface area contributed by atoms with E-state index in [9.17, 15) is 4.79 Å². The van der Waals surface area contributed by atoms with Crippen LogP contribution in [0.15, 0.2) is 56.8 Å². The second-order valence-electron chi connectivity index (χ2n) is 5.11. The Balaban J connectivity index is 2.33. The average Bonchev–Trinajstić information content (AvgIpc) is 2.60. The number of nitrogens with one attached hydrogen (secondary N) is 2. The normalized spacial score (nSPS) is 12.8. The van der Waals surface area contributed by atoms with Crippen molar-refractivity contribution >= 4 is 40.8 Å². The molecule has 0 bridgehead atoms. The van der Waals surface area contributed by atoms with Crippen LogP contribution in [0.25, 0.3) is 11.1 Å².